The summed E-state index contributed by atoms with van der Waals surface area (Å²) in [5, 5.41) is 0. The van der Waals surface area contributed by atoms with Crippen LogP contribution in [0.25, 0.3) is 0 Å². The molecule has 442 valence electrons. The van der Waals surface area contributed by atoms with Crippen LogP contribution >= 0.6 is 7.82 Å². The fraction of sp³-hybridized carbons (Fsp3) is 0.788. The zero-order valence-electron chi connectivity index (χ0n) is 49.5. The molecule has 3 N–H and O–H groups in total. The van der Waals surface area contributed by atoms with Crippen LogP contribution in [0, 0.1) is 0 Å². The maximum Gasteiger partial charge on any atom is 0.472 e. The van der Waals surface area contributed by atoms with Crippen molar-refractivity contribution >= 4 is 19.8 Å². The van der Waals surface area contributed by atoms with Gasteiger partial charge in [-0.15, -0.1) is 0 Å². The molecule has 0 bridgehead atoms. The fourth-order valence-corrected chi connectivity index (χ4v) is 9.94. The number of esters is 2. The van der Waals surface area contributed by atoms with Crippen molar-refractivity contribution in [2.75, 3.05) is 26.4 Å². The lowest BCUT2D eigenvalue weighted by Crippen LogP contribution is -2.29. The van der Waals surface area contributed by atoms with E-state index >= 15 is 0 Å². The van der Waals surface area contributed by atoms with E-state index in [0.717, 1.165) is 77.0 Å². The number of hydrogen-bond acceptors (Lipinski definition) is 8. The number of unbranched alkanes of at least 4 members (excludes halogenated alkanes) is 35. The number of phosphoric ester groups is 1. The molecule has 0 aliphatic rings. The Morgan fingerprint density at radius 1 is 0.408 bits per heavy atom. The van der Waals surface area contributed by atoms with E-state index in [0.29, 0.717) is 6.42 Å². The SMILES string of the molecule is CC/C=C\C/C=C\C/C=C\C/C=C\C/C=C\C/C=C\CCCCCCCCCCCCCCCCCCCCC(=O)OC(COC(=O)CCCCCCCCCCCCCCCCCCCC)COP(=O)(O)OCCN. The minimum Gasteiger partial charge on any atom is -0.462 e. The molecule has 0 spiro atoms. The third kappa shape index (κ3) is 60.7. The molecule has 9 nitrogen and oxygen atoms in total. The van der Waals surface area contributed by atoms with Gasteiger partial charge in [-0.2, -0.15) is 0 Å². The largest absolute Gasteiger partial charge is 0.472 e. The second-order valence-electron chi connectivity index (χ2n) is 21.3. The summed E-state index contributed by atoms with van der Waals surface area (Å²) in [4.78, 5) is 35.2. The van der Waals surface area contributed by atoms with Crippen molar-refractivity contribution in [3.8, 4) is 0 Å². The average molecular weight is 1090 g/mol. The van der Waals surface area contributed by atoms with Crippen LogP contribution < -0.4 is 5.73 Å². The topological polar surface area (TPSA) is 134 Å². The maximum absolute atomic E-state index is 12.7. The molecular weight excluding hydrogens is 966 g/mol. The Morgan fingerprint density at radius 2 is 0.724 bits per heavy atom. The van der Waals surface area contributed by atoms with Gasteiger partial charge in [0.2, 0.25) is 0 Å². The lowest BCUT2D eigenvalue weighted by atomic mass is 10.0. The summed E-state index contributed by atoms with van der Waals surface area (Å²) in [5.74, 6) is -0.812. The second kappa shape index (κ2) is 61.7. The summed E-state index contributed by atoms with van der Waals surface area (Å²) in [6.07, 6.45) is 79.8. The second-order valence-corrected chi connectivity index (χ2v) is 22.7. The number of rotatable bonds is 60. The lowest BCUT2D eigenvalue weighted by molar-refractivity contribution is -0.161. The molecule has 0 fully saturated rings. The minimum atomic E-state index is -4.39. The normalized spacial score (nSPS) is 13.5. The van der Waals surface area contributed by atoms with Crippen LogP contribution in [0.5, 0.6) is 0 Å². The molecule has 0 saturated heterocycles. The summed E-state index contributed by atoms with van der Waals surface area (Å²) >= 11 is 0. The number of phosphoric acid groups is 1. The van der Waals surface area contributed by atoms with Gasteiger partial charge < -0.3 is 20.1 Å². The highest BCUT2D eigenvalue weighted by atomic mass is 31.2. The molecule has 0 aromatic rings. The van der Waals surface area contributed by atoms with Crippen molar-refractivity contribution in [2.45, 2.75) is 309 Å². The van der Waals surface area contributed by atoms with Crippen molar-refractivity contribution < 1.29 is 37.6 Å². The standard InChI is InChI=1S/C66H120NO8P/c1-3-5-7-9-11-13-15-17-19-21-23-24-25-26-27-28-29-30-31-32-33-34-35-36-37-38-39-40-41-43-45-47-49-51-53-55-57-59-66(69)75-64(63-74-76(70,71)73-61-60-67)62-72-65(68)58-56-54-52-50-48-46-44-42-22-20-18-16-14-12-10-8-6-4-2/h5,7,11,13,17,19,23-24,26-27,29-30,64H,3-4,6,8-10,12,14-16,18,20-22,25,28,31-63,67H2,1-2H3,(H,70,71)/b7-5-,13-11-,19-17-,24-23-,27-26-,30-29-. The van der Waals surface area contributed by atoms with Gasteiger partial charge in [-0.05, 0) is 64.2 Å². The van der Waals surface area contributed by atoms with E-state index in [9.17, 15) is 19.0 Å². The van der Waals surface area contributed by atoms with E-state index in [-0.39, 0.29) is 38.6 Å². The van der Waals surface area contributed by atoms with Gasteiger partial charge in [0.25, 0.3) is 0 Å². The molecule has 0 aliphatic carbocycles. The molecule has 2 atom stereocenters. The first-order valence-corrected chi connectivity index (χ1v) is 33.4. The first-order chi connectivity index (χ1) is 37.3. The molecule has 0 radical (unpaired) electrons. The minimum absolute atomic E-state index is 0.0543. The van der Waals surface area contributed by atoms with Crippen molar-refractivity contribution in [1.29, 1.82) is 0 Å². The molecular formula is C66H120NO8P. The number of allylic oxidation sites excluding steroid dienone is 12. The van der Waals surface area contributed by atoms with Gasteiger partial charge in [0, 0.05) is 19.4 Å². The molecule has 0 saturated carbocycles. The van der Waals surface area contributed by atoms with Crippen LogP contribution in [0.4, 0.5) is 0 Å². The van der Waals surface area contributed by atoms with Gasteiger partial charge in [0.15, 0.2) is 6.10 Å². The van der Waals surface area contributed by atoms with Crippen LogP contribution in [-0.4, -0.2) is 49.3 Å². The van der Waals surface area contributed by atoms with E-state index in [1.54, 1.807) is 0 Å². The van der Waals surface area contributed by atoms with E-state index in [4.69, 9.17) is 24.3 Å². The summed E-state index contributed by atoms with van der Waals surface area (Å²) < 4.78 is 33.1. The highest BCUT2D eigenvalue weighted by Gasteiger charge is 2.26. The van der Waals surface area contributed by atoms with Gasteiger partial charge in [0.05, 0.1) is 13.2 Å². The molecule has 10 heteroatoms. The van der Waals surface area contributed by atoms with Gasteiger partial charge >= 0.3 is 19.8 Å². The summed E-state index contributed by atoms with van der Waals surface area (Å²) in [6, 6.07) is 0. The van der Waals surface area contributed by atoms with Gasteiger partial charge in [-0.25, -0.2) is 4.57 Å². The summed E-state index contributed by atoms with van der Waals surface area (Å²) in [7, 11) is -4.39. The highest BCUT2D eigenvalue weighted by Crippen LogP contribution is 2.43. The first-order valence-electron chi connectivity index (χ1n) is 31.9. The molecule has 0 amide bonds. The highest BCUT2D eigenvalue weighted by molar-refractivity contribution is 7.47. The van der Waals surface area contributed by atoms with Crippen molar-refractivity contribution in [2.24, 2.45) is 5.73 Å². The van der Waals surface area contributed by atoms with E-state index in [1.807, 2.05) is 0 Å². The Hall–Kier alpha value is -2.55. The van der Waals surface area contributed by atoms with Gasteiger partial charge in [-0.3, -0.25) is 18.6 Å². The quantitative estimate of drug-likeness (QED) is 0.0264. The average Bonchev–Trinajstić information content (AvgIpc) is 3.41. The van der Waals surface area contributed by atoms with E-state index in [2.05, 4.69) is 86.8 Å². The lowest BCUT2D eigenvalue weighted by Gasteiger charge is -2.19. The Morgan fingerprint density at radius 3 is 1.08 bits per heavy atom. The van der Waals surface area contributed by atoms with Crippen LogP contribution in [0.15, 0.2) is 72.9 Å². The monoisotopic (exact) mass is 1090 g/mol. The van der Waals surface area contributed by atoms with E-state index in [1.165, 1.54) is 193 Å². The molecule has 0 heterocycles. The number of ether oxygens (including phenoxy) is 2. The van der Waals surface area contributed by atoms with Crippen molar-refractivity contribution in [1.82, 2.24) is 0 Å². The maximum atomic E-state index is 12.7. The van der Waals surface area contributed by atoms with Gasteiger partial charge in [-0.1, -0.05) is 299 Å². The van der Waals surface area contributed by atoms with Crippen LogP contribution in [0.3, 0.4) is 0 Å². The summed E-state index contributed by atoms with van der Waals surface area (Å²) in [5.41, 5.74) is 5.39. The third-order valence-corrected chi connectivity index (χ3v) is 14.8. The Bertz CT molecular complexity index is 1470. The van der Waals surface area contributed by atoms with Crippen LogP contribution in [0.1, 0.15) is 303 Å². The number of hydrogen-bond donors (Lipinski definition) is 2. The van der Waals surface area contributed by atoms with Crippen molar-refractivity contribution in [3.63, 3.8) is 0 Å². The first kappa shape index (κ1) is 73.5. The van der Waals surface area contributed by atoms with E-state index < -0.39 is 26.5 Å². The Balaban J connectivity index is 3.85. The molecule has 0 rings (SSSR count). The Kier molecular flexibility index (Phi) is 59.6. The third-order valence-electron chi connectivity index (χ3n) is 13.9. The van der Waals surface area contributed by atoms with Crippen molar-refractivity contribution in [3.05, 3.63) is 72.9 Å². The zero-order valence-corrected chi connectivity index (χ0v) is 50.4. The molecule has 0 aromatic heterocycles. The number of carbonyl (C=O) groups is 2. The molecule has 76 heavy (non-hydrogen) atoms. The van der Waals surface area contributed by atoms with Crippen LogP contribution in [0.2, 0.25) is 0 Å². The van der Waals surface area contributed by atoms with Crippen LogP contribution in [-0.2, 0) is 32.7 Å². The predicted octanol–water partition coefficient (Wildman–Crippen LogP) is 20.5. The molecule has 0 aliphatic heterocycles. The van der Waals surface area contributed by atoms with Gasteiger partial charge in [0.1, 0.15) is 6.61 Å². The summed E-state index contributed by atoms with van der Waals surface area (Å²) in [6.45, 7) is 3.68. The fourth-order valence-electron chi connectivity index (χ4n) is 9.17. The molecule has 0 aromatic carbocycles. The predicted molar refractivity (Wildman–Crippen MR) is 326 cm³/mol. The number of nitrogens with two attached hydrogens (primary N) is 1. The smallest absolute Gasteiger partial charge is 0.462 e. The Labute approximate surface area is 469 Å². The molecule has 2 unspecified atom stereocenters. The zero-order chi connectivity index (χ0) is 55.2. The number of carbonyl (C=O) groups excluding carboxylic acids is 2.